The summed E-state index contributed by atoms with van der Waals surface area (Å²) in [5.74, 6) is 0.755. The molecule has 1 aliphatic rings. The van der Waals surface area contributed by atoms with Crippen LogP contribution in [0.4, 0.5) is 0 Å². The van der Waals surface area contributed by atoms with Crippen LogP contribution in [-0.2, 0) is 19.6 Å². The highest BCUT2D eigenvalue weighted by molar-refractivity contribution is 7.14. The van der Waals surface area contributed by atoms with Crippen LogP contribution in [0.1, 0.15) is 39.7 Å². The highest BCUT2D eigenvalue weighted by Gasteiger charge is 2.25. The Hall–Kier alpha value is -1.59. The number of carbonyl (C=O) groups excluding carboxylic acids is 1. The lowest BCUT2D eigenvalue weighted by molar-refractivity contribution is 0.0952. The SMILES string of the molecule is CC(C)N1Cc2cc(C(=O)NCc3ccco3)sc2C1. The van der Waals surface area contributed by atoms with E-state index in [-0.39, 0.29) is 5.91 Å². The smallest absolute Gasteiger partial charge is 0.261 e. The summed E-state index contributed by atoms with van der Waals surface area (Å²) in [6.45, 7) is 6.76. The van der Waals surface area contributed by atoms with Crippen molar-refractivity contribution >= 4 is 17.2 Å². The lowest BCUT2D eigenvalue weighted by Crippen LogP contribution is -2.25. The van der Waals surface area contributed by atoms with Crippen LogP contribution in [0.2, 0.25) is 0 Å². The number of amides is 1. The third-order valence-corrected chi connectivity index (χ3v) is 4.73. The molecular formula is C15H18N2O2S. The molecule has 3 rings (SSSR count). The van der Waals surface area contributed by atoms with Gasteiger partial charge in [-0.2, -0.15) is 0 Å². The van der Waals surface area contributed by atoms with Crippen molar-refractivity contribution in [3.05, 3.63) is 45.5 Å². The number of rotatable bonds is 4. The number of carbonyl (C=O) groups is 1. The molecule has 0 spiro atoms. The second kappa shape index (κ2) is 5.42. The highest BCUT2D eigenvalue weighted by Crippen LogP contribution is 2.32. The van der Waals surface area contributed by atoms with E-state index in [2.05, 4.69) is 24.1 Å². The van der Waals surface area contributed by atoms with E-state index < -0.39 is 0 Å². The second-order valence-electron chi connectivity index (χ2n) is 5.32. The first-order valence-corrected chi connectivity index (χ1v) is 7.61. The van der Waals surface area contributed by atoms with Crippen LogP contribution in [0.25, 0.3) is 0 Å². The van der Waals surface area contributed by atoms with Crippen molar-refractivity contribution in [3.63, 3.8) is 0 Å². The average Bonchev–Trinajstić information content (AvgIpc) is 3.10. The van der Waals surface area contributed by atoms with E-state index in [0.29, 0.717) is 12.6 Å². The van der Waals surface area contributed by atoms with E-state index in [4.69, 9.17) is 4.42 Å². The van der Waals surface area contributed by atoms with Crippen molar-refractivity contribution in [2.75, 3.05) is 0 Å². The molecule has 0 atom stereocenters. The van der Waals surface area contributed by atoms with Crippen molar-refractivity contribution in [2.45, 2.75) is 39.5 Å². The Morgan fingerprint density at radius 3 is 3.00 bits per heavy atom. The van der Waals surface area contributed by atoms with Gasteiger partial charge in [0, 0.05) is 24.0 Å². The molecule has 4 nitrogen and oxygen atoms in total. The minimum atomic E-state index is -0.0168. The monoisotopic (exact) mass is 290 g/mol. The number of hydrogen-bond acceptors (Lipinski definition) is 4. The summed E-state index contributed by atoms with van der Waals surface area (Å²) >= 11 is 1.60. The molecule has 2 aromatic heterocycles. The van der Waals surface area contributed by atoms with Gasteiger partial charge in [-0.3, -0.25) is 9.69 Å². The molecule has 0 unspecified atom stereocenters. The Labute approximate surface area is 122 Å². The molecule has 1 N–H and O–H groups in total. The van der Waals surface area contributed by atoms with Crippen molar-refractivity contribution in [3.8, 4) is 0 Å². The fourth-order valence-corrected chi connectivity index (χ4v) is 3.45. The molecule has 3 heterocycles. The number of furan rings is 1. The van der Waals surface area contributed by atoms with E-state index in [0.717, 1.165) is 23.7 Å². The number of fused-ring (bicyclic) bond motifs is 1. The maximum Gasteiger partial charge on any atom is 0.261 e. The molecule has 0 bridgehead atoms. The average molecular weight is 290 g/mol. The van der Waals surface area contributed by atoms with Gasteiger partial charge < -0.3 is 9.73 Å². The normalized spacial score (nSPS) is 14.8. The maximum atomic E-state index is 12.1. The third-order valence-electron chi connectivity index (χ3n) is 3.57. The summed E-state index contributed by atoms with van der Waals surface area (Å²) in [4.78, 5) is 16.6. The molecule has 106 valence electrons. The topological polar surface area (TPSA) is 45.5 Å². The fraction of sp³-hybridized carbons (Fsp3) is 0.400. The molecule has 0 radical (unpaired) electrons. The lowest BCUT2D eigenvalue weighted by Gasteiger charge is -2.19. The third kappa shape index (κ3) is 2.64. The van der Waals surface area contributed by atoms with Crippen molar-refractivity contribution in [1.29, 1.82) is 0 Å². The standard InChI is InChI=1S/C15H18N2O2S/c1-10(2)17-8-11-6-13(20-14(11)9-17)15(18)16-7-12-4-3-5-19-12/h3-6,10H,7-9H2,1-2H3,(H,16,18). The largest absolute Gasteiger partial charge is 0.467 e. The molecule has 0 fully saturated rings. The fourth-order valence-electron chi connectivity index (χ4n) is 2.34. The van der Waals surface area contributed by atoms with Gasteiger partial charge in [-0.1, -0.05) is 0 Å². The van der Waals surface area contributed by atoms with E-state index >= 15 is 0 Å². The molecule has 20 heavy (non-hydrogen) atoms. The first-order chi connectivity index (χ1) is 9.63. The summed E-state index contributed by atoms with van der Waals surface area (Å²) in [6.07, 6.45) is 1.61. The van der Waals surface area contributed by atoms with Crippen molar-refractivity contribution < 1.29 is 9.21 Å². The number of nitrogens with zero attached hydrogens (tertiary/aromatic N) is 1. The van der Waals surface area contributed by atoms with Gasteiger partial charge in [0.15, 0.2) is 0 Å². The van der Waals surface area contributed by atoms with Gasteiger partial charge in [0.2, 0.25) is 0 Å². The van der Waals surface area contributed by atoms with Gasteiger partial charge >= 0.3 is 0 Å². The first kappa shape index (κ1) is 13.4. The summed E-state index contributed by atoms with van der Waals surface area (Å²) in [6, 6.07) is 6.25. The summed E-state index contributed by atoms with van der Waals surface area (Å²) in [5.41, 5.74) is 1.30. The minimum absolute atomic E-state index is 0.0168. The Morgan fingerprint density at radius 1 is 1.50 bits per heavy atom. The van der Waals surface area contributed by atoms with E-state index in [1.165, 1.54) is 10.4 Å². The lowest BCUT2D eigenvalue weighted by atomic mass is 10.2. The van der Waals surface area contributed by atoms with Crippen LogP contribution in [0.15, 0.2) is 28.9 Å². The van der Waals surface area contributed by atoms with E-state index in [1.54, 1.807) is 17.6 Å². The molecule has 0 aromatic carbocycles. The summed E-state index contributed by atoms with van der Waals surface area (Å²) in [5, 5.41) is 2.89. The Bertz CT molecular complexity index is 578. The Balaban J connectivity index is 1.62. The predicted molar refractivity (Wildman–Crippen MR) is 78.6 cm³/mol. The van der Waals surface area contributed by atoms with Gasteiger partial charge in [-0.05, 0) is 37.6 Å². The van der Waals surface area contributed by atoms with Crippen molar-refractivity contribution in [1.82, 2.24) is 10.2 Å². The van der Waals surface area contributed by atoms with Gasteiger partial charge in [-0.25, -0.2) is 0 Å². The number of nitrogens with one attached hydrogen (secondary N) is 1. The number of hydrogen-bond donors (Lipinski definition) is 1. The molecule has 2 aromatic rings. The predicted octanol–water partition coefficient (Wildman–Crippen LogP) is 3.00. The molecule has 5 heteroatoms. The number of thiophene rings is 1. The quantitative estimate of drug-likeness (QED) is 0.941. The Kier molecular flexibility index (Phi) is 3.63. The molecule has 1 aliphatic heterocycles. The van der Waals surface area contributed by atoms with E-state index in [1.807, 2.05) is 18.2 Å². The molecule has 0 aliphatic carbocycles. The van der Waals surface area contributed by atoms with Gasteiger partial charge in [0.25, 0.3) is 5.91 Å². The molecule has 0 saturated carbocycles. The van der Waals surface area contributed by atoms with Crippen LogP contribution >= 0.6 is 11.3 Å². The molecule has 0 saturated heterocycles. The highest BCUT2D eigenvalue weighted by atomic mass is 32.1. The van der Waals surface area contributed by atoms with Crippen LogP contribution in [0, 0.1) is 0 Å². The maximum absolute atomic E-state index is 12.1. The van der Waals surface area contributed by atoms with Crippen LogP contribution < -0.4 is 5.32 Å². The zero-order valence-electron chi connectivity index (χ0n) is 11.7. The zero-order chi connectivity index (χ0) is 14.1. The van der Waals surface area contributed by atoms with Crippen LogP contribution in [0.5, 0.6) is 0 Å². The first-order valence-electron chi connectivity index (χ1n) is 6.79. The van der Waals surface area contributed by atoms with Crippen LogP contribution in [-0.4, -0.2) is 16.8 Å². The zero-order valence-corrected chi connectivity index (χ0v) is 12.5. The van der Waals surface area contributed by atoms with Gasteiger partial charge in [0.1, 0.15) is 5.76 Å². The minimum Gasteiger partial charge on any atom is -0.467 e. The second-order valence-corrected chi connectivity index (χ2v) is 6.46. The van der Waals surface area contributed by atoms with Crippen LogP contribution in [0.3, 0.4) is 0 Å². The summed E-state index contributed by atoms with van der Waals surface area (Å²) in [7, 11) is 0. The Morgan fingerprint density at radius 2 is 2.35 bits per heavy atom. The molecular weight excluding hydrogens is 272 g/mol. The summed E-state index contributed by atoms with van der Waals surface area (Å²) < 4.78 is 5.20. The van der Waals surface area contributed by atoms with Gasteiger partial charge in [0.05, 0.1) is 17.7 Å². The van der Waals surface area contributed by atoms with E-state index in [9.17, 15) is 4.79 Å². The van der Waals surface area contributed by atoms with Gasteiger partial charge in [-0.15, -0.1) is 11.3 Å². The molecule has 1 amide bonds. The van der Waals surface area contributed by atoms with Crippen molar-refractivity contribution in [2.24, 2.45) is 0 Å².